The first-order valence-electron chi connectivity index (χ1n) is 6.26. The van der Waals surface area contributed by atoms with Crippen LogP contribution in [0.4, 0.5) is 0 Å². The van der Waals surface area contributed by atoms with Crippen molar-refractivity contribution in [2.75, 3.05) is 0 Å². The highest BCUT2D eigenvalue weighted by Gasteiger charge is 2.16. The number of rotatable bonds is 2. The monoisotopic (exact) mass is 267 g/mol. The van der Waals surface area contributed by atoms with E-state index in [9.17, 15) is 9.59 Å². The minimum Gasteiger partial charge on any atom is -0.408 e. The van der Waals surface area contributed by atoms with E-state index >= 15 is 0 Å². The molecule has 3 rings (SSSR count). The van der Waals surface area contributed by atoms with Gasteiger partial charge in [0.15, 0.2) is 11.4 Å². The molecule has 0 fully saturated rings. The Hall–Kier alpha value is -2.62. The molecule has 0 radical (unpaired) electrons. The van der Waals surface area contributed by atoms with Crippen molar-refractivity contribution >= 4 is 16.9 Å². The standard InChI is InChI=1S/C16H13NO3/c1-10-3-5-14(18)12(7-10)9-17-13-8-11(2)4-6-15(13)20-16(17)19/h3-8H,1,9H2,2H3. The zero-order valence-electron chi connectivity index (χ0n) is 11.1. The van der Waals surface area contributed by atoms with Gasteiger partial charge in [-0.3, -0.25) is 9.36 Å². The lowest BCUT2D eigenvalue weighted by Gasteiger charge is -2.09. The van der Waals surface area contributed by atoms with Crippen molar-refractivity contribution in [3.63, 3.8) is 0 Å². The van der Waals surface area contributed by atoms with Crippen LogP contribution in [0.15, 0.2) is 63.4 Å². The van der Waals surface area contributed by atoms with Crippen LogP contribution in [-0.4, -0.2) is 10.4 Å². The molecule has 4 nitrogen and oxygen atoms in total. The van der Waals surface area contributed by atoms with Crippen LogP contribution in [0.25, 0.3) is 11.1 Å². The number of carbonyl (C=O) groups excluding carboxylic acids is 1. The second-order valence-corrected chi connectivity index (χ2v) is 4.87. The van der Waals surface area contributed by atoms with Crippen LogP contribution in [0.5, 0.6) is 0 Å². The lowest BCUT2D eigenvalue weighted by Crippen LogP contribution is -2.19. The van der Waals surface area contributed by atoms with E-state index in [0.29, 0.717) is 16.7 Å². The van der Waals surface area contributed by atoms with Crippen LogP contribution in [0, 0.1) is 6.92 Å². The summed E-state index contributed by atoms with van der Waals surface area (Å²) in [6, 6.07) is 5.52. The van der Waals surface area contributed by atoms with Crippen LogP contribution in [-0.2, 0) is 11.3 Å². The van der Waals surface area contributed by atoms with Gasteiger partial charge in [-0.05, 0) is 42.3 Å². The molecule has 100 valence electrons. The van der Waals surface area contributed by atoms with Crippen molar-refractivity contribution in [3.8, 4) is 0 Å². The minimum absolute atomic E-state index is 0.105. The molecular formula is C16H13NO3. The fourth-order valence-electron chi connectivity index (χ4n) is 2.25. The van der Waals surface area contributed by atoms with E-state index in [0.717, 1.165) is 11.1 Å². The number of nitrogens with zero attached hydrogens (tertiary/aromatic N) is 1. The Morgan fingerprint density at radius 2 is 2.05 bits per heavy atom. The number of carbonyl (C=O) groups is 1. The summed E-state index contributed by atoms with van der Waals surface area (Å²) in [5, 5.41) is 0. The Labute approximate surface area is 115 Å². The molecule has 1 heterocycles. The van der Waals surface area contributed by atoms with Crippen LogP contribution in [0.2, 0.25) is 0 Å². The van der Waals surface area contributed by atoms with Gasteiger partial charge in [-0.25, -0.2) is 4.79 Å². The van der Waals surface area contributed by atoms with E-state index in [1.165, 1.54) is 10.6 Å². The Kier molecular flexibility index (Phi) is 2.79. The van der Waals surface area contributed by atoms with Gasteiger partial charge in [0.2, 0.25) is 0 Å². The topological polar surface area (TPSA) is 52.2 Å². The summed E-state index contributed by atoms with van der Waals surface area (Å²) in [5.41, 5.74) is 3.53. The molecule has 4 heteroatoms. The highest BCUT2D eigenvalue weighted by Crippen LogP contribution is 2.18. The maximum absolute atomic E-state index is 11.9. The van der Waals surface area contributed by atoms with E-state index in [1.54, 1.807) is 18.2 Å². The number of allylic oxidation sites excluding steroid dienone is 5. The van der Waals surface area contributed by atoms with Gasteiger partial charge in [0.1, 0.15) is 0 Å². The molecule has 0 aliphatic heterocycles. The van der Waals surface area contributed by atoms with Gasteiger partial charge < -0.3 is 4.42 Å². The van der Waals surface area contributed by atoms with Crippen LogP contribution in [0.3, 0.4) is 0 Å². The third kappa shape index (κ3) is 2.05. The first kappa shape index (κ1) is 12.4. The molecule has 1 aliphatic rings. The lowest BCUT2D eigenvalue weighted by molar-refractivity contribution is -0.111. The van der Waals surface area contributed by atoms with Gasteiger partial charge in [0, 0.05) is 5.57 Å². The number of oxazole rings is 1. The molecule has 0 saturated carbocycles. The zero-order chi connectivity index (χ0) is 14.3. The van der Waals surface area contributed by atoms with Crippen molar-refractivity contribution in [2.45, 2.75) is 13.5 Å². The highest BCUT2D eigenvalue weighted by molar-refractivity contribution is 6.06. The fourth-order valence-corrected chi connectivity index (χ4v) is 2.25. The number of ketones is 1. The Morgan fingerprint density at radius 3 is 2.85 bits per heavy atom. The summed E-state index contributed by atoms with van der Waals surface area (Å²) in [6.45, 7) is 5.93. The summed E-state index contributed by atoms with van der Waals surface area (Å²) in [7, 11) is 0. The summed E-state index contributed by atoms with van der Waals surface area (Å²) < 4.78 is 6.66. The first-order chi connectivity index (χ1) is 9.54. The smallest absolute Gasteiger partial charge is 0.408 e. The predicted octanol–water partition coefficient (Wildman–Crippen LogP) is 2.52. The van der Waals surface area contributed by atoms with E-state index in [1.807, 2.05) is 19.1 Å². The van der Waals surface area contributed by atoms with E-state index in [-0.39, 0.29) is 12.3 Å². The predicted molar refractivity (Wildman–Crippen MR) is 76.6 cm³/mol. The SMILES string of the molecule is C=C1C=CC(=O)C(Cn2c(=O)oc3ccc(C)cc32)=C1. The largest absolute Gasteiger partial charge is 0.420 e. The molecule has 20 heavy (non-hydrogen) atoms. The molecule has 1 aromatic carbocycles. The van der Waals surface area contributed by atoms with Crippen molar-refractivity contribution in [2.24, 2.45) is 0 Å². The minimum atomic E-state index is -0.459. The highest BCUT2D eigenvalue weighted by atomic mass is 16.4. The van der Waals surface area contributed by atoms with Crippen molar-refractivity contribution < 1.29 is 9.21 Å². The van der Waals surface area contributed by atoms with E-state index in [2.05, 4.69) is 6.58 Å². The van der Waals surface area contributed by atoms with Crippen molar-refractivity contribution in [1.82, 2.24) is 4.57 Å². The molecule has 0 unspecified atom stereocenters. The van der Waals surface area contributed by atoms with Crippen molar-refractivity contribution in [3.05, 3.63) is 70.3 Å². The van der Waals surface area contributed by atoms with Gasteiger partial charge in [-0.15, -0.1) is 0 Å². The van der Waals surface area contributed by atoms with Gasteiger partial charge >= 0.3 is 5.76 Å². The molecule has 0 saturated heterocycles. The average Bonchev–Trinajstić information content (AvgIpc) is 2.70. The molecular weight excluding hydrogens is 254 g/mol. The second kappa shape index (κ2) is 4.49. The van der Waals surface area contributed by atoms with Gasteiger partial charge in [-0.2, -0.15) is 0 Å². The molecule has 0 bridgehead atoms. The molecule has 0 atom stereocenters. The average molecular weight is 267 g/mol. The van der Waals surface area contributed by atoms with Gasteiger partial charge in [0.05, 0.1) is 12.1 Å². The molecule has 1 aromatic heterocycles. The molecule has 2 aromatic rings. The molecule has 0 spiro atoms. The van der Waals surface area contributed by atoms with Gasteiger partial charge in [-0.1, -0.05) is 18.7 Å². The molecule has 0 N–H and O–H groups in total. The summed E-state index contributed by atoms with van der Waals surface area (Å²) in [5.74, 6) is -0.564. The Balaban J connectivity index is 2.09. The Bertz CT molecular complexity index is 846. The summed E-state index contributed by atoms with van der Waals surface area (Å²) in [4.78, 5) is 23.8. The van der Waals surface area contributed by atoms with Crippen LogP contribution < -0.4 is 5.76 Å². The molecule has 1 aliphatic carbocycles. The number of fused-ring (bicyclic) bond motifs is 1. The third-order valence-electron chi connectivity index (χ3n) is 3.28. The van der Waals surface area contributed by atoms with Crippen molar-refractivity contribution in [1.29, 1.82) is 0 Å². The number of benzene rings is 1. The lowest BCUT2D eigenvalue weighted by atomic mass is 10.0. The number of aromatic nitrogens is 1. The van der Waals surface area contributed by atoms with Gasteiger partial charge in [0.25, 0.3) is 0 Å². The molecule has 0 amide bonds. The summed E-state index contributed by atoms with van der Waals surface area (Å²) in [6.07, 6.45) is 4.83. The number of hydrogen-bond donors (Lipinski definition) is 0. The first-order valence-corrected chi connectivity index (χ1v) is 6.26. The van der Waals surface area contributed by atoms with E-state index in [4.69, 9.17) is 4.42 Å². The maximum atomic E-state index is 11.9. The maximum Gasteiger partial charge on any atom is 0.420 e. The third-order valence-corrected chi connectivity index (χ3v) is 3.28. The normalized spacial score (nSPS) is 14.9. The second-order valence-electron chi connectivity index (χ2n) is 4.87. The Morgan fingerprint density at radius 1 is 1.25 bits per heavy atom. The fraction of sp³-hybridized carbons (Fsp3) is 0.125. The quantitative estimate of drug-likeness (QED) is 0.840. The summed E-state index contributed by atoms with van der Waals surface area (Å²) >= 11 is 0. The van der Waals surface area contributed by atoms with E-state index < -0.39 is 5.76 Å². The number of hydrogen-bond acceptors (Lipinski definition) is 3. The van der Waals surface area contributed by atoms with Crippen LogP contribution in [0.1, 0.15) is 5.56 Å². The zero-order valence-corrected chi connectivity index (χ0v) is 11.1. The number of aryl methyl sites for hydroxylation is 1. The van der Waals surface area contributed by atoms with Crippen LogP contribution >= 0.6 is 0 Å².